The molecule has 0 bridgehead atoms. The Balaban J connectivity index is 2.67. The molecule has 0 radical (unpaired) electrons. The summed E-state index contributed by atoms with van der Waals surface area (Å²) < 4.78 is 4.82. The van der Waals surface area contributed by atoms with Gasteiger partial charge in [-0.25, -0.2) is 4.79 Å². The van der Waals surface area contributed by atoms with Crippen LogP contribution < -0.4 is 5.32 Å². The zero-order valence-electron chi connectivity index (χ0n) is 12.5. The lowest BCUT2D eigenvalue weighted by molar-refractivity contribution is -0.125. The number of nitrogens with zero attached hydrogens (tertiary/aromatic N) is 1. The molecule has 1 rings (SSSR count). The van der Waals surface area contributed by atoms with Crippen LogP contribution in [0.1, 0.15) is 31.1 Å². The fourth-order valence-corrected chi connectivity index (χ4v) is 1.68. The maximum absolute atomic E-state index is 11.8. The van der Waals surface area contributed by atoms with Crippen LogP contribution in [0.2, 0.25) is 5.02 Å². The van der Waals surface area contributed by atoms with E-state index in [9.17, 15) is 14.7 Å². The summed E-state index contributed by atoms with van der Waals surface area (Å²) in [6, 6.07) is 5.93. The Morgan fingerprint density at radius 3 is 2.68 bits per heavy atom. The second-order valence-corrected chi connectivity index (χ2v) is 5.69. The fourth-order valence-electron chi connectivity index (χ4n) is 1.51. The Kier molecular flexibility index (Phi) is 5.77. The molecule has 0 spiro atoms. The van der Waals surface area contributed by atoms with Gasteiger partial charge < -0.3 is 15.2 Å². The van der Waals surface area contributed by atoms with Gasteiger partial charge in [0.2, 0.25) is 0 Å². The third-order valence-electron chi connectivity index (χ3n) is 3.30. The second-order valence-electron chi connectivity index (χ2n) is 5.25. The fraction of sp³-hybridized carbons (Fsp3) is 0.400. The average Bonchev–Trinajstić information content (AvgIpc) is 2.46. The highest BCUT2D eigenvalue weighted by Crippen LogP contribution is 2.22. The first-order chi connectivity index (χ1) is 10.2. The zero-order valence-corrected chi connectivity index (χ0v) is 13.3. The maximum atomic E-state index is 11.8. The van der Waals surface area contributed by atoms with Crippen molar-refractivity contribution in [2.45, 2.75) is 26.3 Å². The molecule has 0 fully saturated rings. The van der Waals surface area contributed by atoms with Gasteiger partial charge in [0.15, 0.2) is 6.61 Å². The summed E-state index contributed by atoms with van der Waals surface area (Å²) in [6.07, 6.45) is 0. The van der Waals surface area contributed by atoms with Crippen molar-refractivity contribution in [3.63, 3.8) is 0 Å². The van der Waals surface area contributed by atoms with Gasteiger partial charge in [-0.15, -0.1) is 0 Å². The molecule has 7 heteroatoms. The molecule has 6 nitrogen and oxygen atoms in total. The molecule has 1 atom stereocenters. The molecule has 0 aliphatic heterocycles. The topological polar surface area (TPSA) is 99.4 Å². The number of carbonyl (C=O) groups is 2. The summed E-state index contributed by atoms with van der Waals surface area (Å²) in [5.41, 5.74) is -1.19. The van der Waals surface area contributed by atoms with E-state index in [-0.39, 0.29) is 22.3 Å². The number of amides is 1. The molecule has 22 heavy (non-hydrogen) atoms. The van der Waals surface area contributed by atoms with E-state index in [0.29, 0.717) is 0 Å². The number of nitriles is 1. The Morgan fingerprint density at radius 1 is 1.50 bits per heavy atom. The van der Waals surface area contributed by atoms with Gasteiger partial charge in [0, 0.05) is 5.02 Å². The highest BCUT2D eigenvalue weighted by molar-refractivity contribution is 6.31. The number of rotatable bonds is 5. The van der Waals surface area contributed by atoms with Crippen LogP contribution in [0.25, 0.3) is 0 Å². The minimum atomic E-state index is -1.05. The number of halogens is 1. The summed E-state index contributed by atoms with van der Waals surface area (Å²) in [7, 11) is 0. The van der Waals surface area contributed by atoms with Crippen molar-refractivity contribution in [1.29, 1.82) is 5.26 Å². The number of aromatic hydroxyl groups is 1. The van der Waals surface area contributed by atoms with E-state index in [1.807, 2.05) is 6.07 Å². The van der Waals surface area contributed by atoms with E-state index < -0.39 is 24.0 Å². The van der Waals surface area contributed by atoms with Crippen LogP contribution in [0, 0.1) is 17.2 Å². The number of nitrogens with one attached hydrogen (secondary N) is 1. The number of benzene rings is 1. The van der Waals surface area contributed by atoms with Crippen LogP contribution in [0.5, 0.6) is 5.75 Å². The zero-order chi connectivity index (χ0) is 16.9. The summed E-state index contributed by atoms with van der Waals surface area (Å²) >= 11 is 5.73. The molecular formula is C15H17ClN2O4. The Labute approximate surface area is 133 Å². The van der Waals surface area contributed by atoms with Crippen LogP contribution in [0.15, 0.2) is 18.2 Å². The molecule has 0 aromatic heterocycles. The van der Waals surface area contributed by atoms with Crippen LogP contribution in [0.4, 0.5) is 0 Å². The highest BCUT2D eigenvalue weighted by Gasteiger charge is 2.30. The average molecular weight is 325 g/mol. The monoisotopic (exact) mass is 324 g/mol. The van der Waals surface area contributed by atoms with E-state index in [2.05, 4.69) is 5.32 Å². The van der Waals surface area contributed by atoms with E-state index >= 15 is 0 Å². The first kappa shape index (κ1) is 17.8. The number of phenols is 1. The van der Waals surface area contributed by atoms with Crippen molar-refractivity contribution in [3.8, 4) is 11.8 Å². The van der Waals surface area contributed by atoms with Gasteiger partial charge in [0.25, 0.3) is 5.91 Å². The van der Waals surface area contributed by atoms with Gasteiger partial charge in [-0.1, -0.05) is 25.4 Å². The summed E-state index contributed by atoms with van der Waals surface area (Å²) in [6.45, 7) is 4.61. The van der Waals surface area contributed by atoms with Gasteiger partial charge in [0.1, 0.15) is 16.9 Å². The number of esters is 1. The quantitative estimate of drug-likeness (QED) is 0.809. The van der Waals surface area contributed by atoms with E-state index in [1.165, 1.54) is 18.2 Å². The number of hydrogen-bond acceptors (Lipinski definition) is 5. The second kappa shape index (κ2) is 7.14. The van der Waals surface area contributed by atoms with Gasteiger partial charge in [0.05, 0.1) is 6.07 Å². The van der Waals surface area contributed by atoms with Gasteiger partial charge in [-0.3, -0.25) is 4.79 Å². The third kappa shape index (κ3) is 4.37. The van der Waals surface area contributed by atoms with Crippen molar-refractivity contribution in [2.75, 3.05) is 6.61 Å². The van der Waals surface area contributed by atoms with Crippen LogP contribution in [-0.4, -0.2) is 29.1 Å². The van der Waals surface area contributed by atoms with E-state index in [0.717, 1.165) is 0 Å². The highest BCUT2D eigenvalue weighted by atomic mass is 35.5. The lowest BCUT2D eigenvalue weighted by Crippen LogP contribution is -2.50. The van der Waals surface area contributed by atoms with Gasteiger partial charge in [-0.2, -0.15) is 5.26 Å². The molecule has 0 aliphatic carbocycles. The first-order valence-electron chi connectivity index (χ1n) is 6.57. The Morgan fingerprint density at radius 2 is 2.14 bits per heavy atom. The molecular weight excluding hydrogens is 308 g/mol. The lowest BCUT2D eigenvalue weighted by Gasteiger charge is -2.27. The summed E-state index contributed by atoms with van der Waals surface area (Å²) in [5, 5.41) is 21.4. The minimum Gasteiger partial charge on any atom is -0.507 e. The van der Waals surface area contributed by atoms with Crippen molar-refractivity contribution in [1.82, 2.24) is 5.32 Å². The van der Waals surface area contributed by atoms with Gasteiger partial charge >= 0.3 is 5.97 Å². The van der Waals surface area contributed by atoms with Crippen molar-refractivity contribution in [2.24, 2.45) is 5.92 Å². The molecule has 0 saturated carbocycles. The van der Waals surface area contributed by atoms with Gasteiger partial charge in [-0.05, 0) is 31.0 Å². The van der Waals surface area contributed by atoms with Crippen LogP contribution in [0.3, 0.4) is 0 Å². The molecule has 1 aromatic rings. The van der Waals surface area contributed by atoms with Crippen molar-refractivity contribution >= 4 is 23.5 Å². The number of carbonyl (C=O) groups excluding carboxylic acids is 2. The largest absolute Gasteiger partial charge is 0.507 e. The van der Waals surface area contributed by atoms with Crippen molar-refractivity contribution in [3.05, 3.63) is 28.8 Å². The summed E-state index contributed by atoms with van der Waals surface area (Å²) in [5.74, 6) is -1.89. The molecule has 0 saturated heterocycles. The third-order valence-corrected chi connectivity index (χ3v) is 3.53. The smallest absolute Gasteiger partial charge is 0.342 e. The SMILES string of the molecule is CC(C)C(C)(C#N)NC(=O)COC(=O)c1cc(Cl)ccc1O. The van der Waals surface area contributed by atoms with Crippen LogP contribution in [-0.2, 0) is 9.53 Å². The lowest BCUT2D eigenvalue weighted by atomic mass is 9.90. The number of hydrogen-bond donors (Lipinski definition) is 2. The Bertz CT molecular complexity index is 624. The predicted molar refractivity (Wildman–Crippen MR) is 80.4 cm³/mol. The minimum absolute atomic E-state index is 0.117. The number of ether oxygens (including phenoxy) is 1. The molecule has 118 valence electrons. The molecule has 1 aromatic carbocycles. The maximum Gasteiger partial charge on any atom is 0.342 e. The first-order valence-corrected chi connectivity index (χ1v) is 6.95. The molecule has 2 N–H and O–H groups in total. The molecule has 0 heterocycles. The predicted octanol–water partition coefficient (Wildman–Crippen LogP) is 2.26. The number of phenolic OH excluding ortho intramolecular Hbond substituents is 1. The molecule has 0 aliphatic rings. The molecule has 1 amide bonds. The van der Waals surface area contributed by atoms with Crippen LogP contribution >= 0.6 is 11.6 Å². The summed E-state index contributed by atoms with van der Waals surface area (Å²) in [4.78, 5) is 23.6. The van der Waals surface area contributed by atoms with Crippen molar-refractivity contribution < 1.29 is 19.4 Å². The van der Waals surface area contributed by atoms with E-state index in [1.54, 1.807) is 20.8 Å². The Hall–Kier alpha value is -2.26. The van der Waals surface area contributed by atoms with E-state index in [4.69, 9.17) is 21.6 Å². The normalized spacial score (nSPS) is 13.1. The molecule has 1 unspecified atom stereocenters. The standard InChI is InChI=1S/C15H17ClN2O4/c1-9(2)15(3,8-17)18-13(20)7-22-14(21)11-6-10(16)4-5-12(11)19/h4-6,9,19H,7H2,1-3H3,(H,18,20).